The van der Waals surface area contributed by atoms with Gasteiger partial charge in [0.15, 0.2) is 17.3 Å². The largest absolute Gasteiger partial charge is 0.493 e. The molecule has 0 radical (unpaired) electrons. The van der Waals surface area contributed by atoms with Crippen molar-refractivity contribution in [1.82, 2.24) is 4.90 Å². The number of carbonyl (C=O) groups excluding carboxylic acids is 1. The first kappa shape index (κ1) is 27.5. The Morgan fingerprint density at radius 3 is 2.49 bits per heavy atom. The Kier molecular flexibility index (Phi) is 8.12. The molecule has 1 aliphatic rings. The van der Waals surface area contributed by atoms with Crippen molar-refractivity contribution in [2.24, 2.45) is 0 Å². The Hall–Kier alpha value is -4.49. The van der Waals surface area contributed by atoms with Gasteiger partial charge in [0.25, 0.3) is 0 Å². The van der Waals surface area contributed by atoms with Crippen molar-refractivity contribution in [2.75, 3.05) is 34.4 Å². The van der Waals surface area contributed by atoms with E-state index in [2.05, 4.69) is 4.90 Å². The van der Waals surface area contributed by atoms with Crippen molar-refractivity contribution in [3.8, 4) is 34.8 Å². The second kappa shape index (κ2) is 11.5. The first-order valence-corrected chi connectivity index (χ1v) is 11.9. The van der Waals surface area contributed by atoms with E-state index in [4.69, 9.17) is 24.2 Å². The topological polar surface area (TPSA) is 81.0 Å². The Morgan fingerprint density at radius 1 is 1.03 bits per heavy atom. The molecule has 0 amide bonds. The van der Waals surface area contributed by atoms with E-state index in [-0.39, 0.29) is 28.6 Å². The number of Topliss-reactive ketones (excluding diaryl/α,β-unsaturated/α-hetero) is 1. The maximum absolute atomic E-state index is 13.5. The van der Waals surface area contributed by atoms with E-state index in [0.29, 0.717) is 29.2 Å². The van der Waals surface area contributed by atoms with Crippen LogP contribution in [0.5, 0.6) is 28.7 Å². The molecule has 0 unspecified atom stereocenters. The molecule has 0 N–H and O–H groups in total. The molecule has 0 saturated heterocycles. The van der Waals surface area contributed by atoms with Crippen LogP contribution in [0, 0.1) is 11.3 Å². The van der Waals surface area contributed by atoms with Crippen LogP contribution in [-0.2, 0) is 6.18 Å². The van der Waals surface area contributed by atoms with E-state index in [9.17, 15) is 18.0 Å². The van der Waals surface area contributed by atoms with Gasteiger partial charge < -0.3 is 23.8 Å². The predicted octanol–water partition coefficient (Wildman–Crippen LogP) is 6.32. The van der Waals surface area contributed by atoms with Crippen LogP contribution >= 0.6 is 0 Å². The van der Waals surface area contributed by atoms with Gasteiger partial charge in [-0.2, -0.15) is 18.4 Å². The summed E-state index contributed by atoms with van der Waals surface area (Å²) < 4.78 is 63.0. The van der Waals surface area contributed by atoms with E-state index in [1.54, 1.807) is 30.3 Å². The summed E-state index contributed by atoms with van der Waals surface area (Å²) in [7, 11) is 5.31. The third-order valence-corrected chi connectivity index (χ3v) is 5.78. The lowest BCUT2D eigenvalue weighted by atomic mass is 10.1. The standard InChI is InChI=1S/C29H25F3N2O5/c1-34(2)11-4-12-37-20-7-8-21-25(16-20)39-27(28(21)35)15-18-5-10-24(26(14-18)36-3)38-23-9-6-19(17-33)13-22(23)29(30,31)32/h5-10,13-16H,4,11-12H2,1-3H3. The molecule has 4 rings (SSSR count). The average Bonchev–Trinajstić information content (AvgIpc) is 3.21. The highest BCUT2D eigenvalue weighted by molar-refractivity contribution is 6.14. The monoisotopic (exact) mass is 538 g/mol. The van der Waals surface area contributed by atoms with Crippen LogP contribution in [0.3, 0.4) is 0 Å². The number of methoxy groups -OCH3 is 1. The predicted molar refractivity (Wildman–Crippen MR) is 137 cm³/mol. The molecule has 3 aromatic rings. The molecule has 0 atom stereocenters. The van der Waals surface area contributed by atoms with E-state index in [1.807, 2.05) is 14.1 Å². The SMILES string of the molecule is COc1cc(C=C2Oc3cc(OCCCN(C)C)ccc3C2=O)ccc1Oc1ccc(C#N)cc1C(F)(F)F. The average molecular weight is 539 g/mol. The fourth-order valence-electron chi connectivity index (χ4n) is 3.87. The Balaban J connectivity index is 1.53. The molecule has 39 heavy (non-hydrogen) atoms. The first-order valence-electron chi connectivity index (χ1n) is 11.9. The van der Waals surface area contributed by atoms with Gasteiger partial charge in [-0.3, -0.25) is 4.79 Å². The molecule has 0 fully saturated rings. The summed E-state index contributed by atoms with van der Waals surface area (Å²) in [5, 5.41) is 8.96. The number of ether oxygens (including phenoxy) is 4. The molecule has 10 heteroatoms. The van der Waals surface area contributed by atoms with Crippen molar-refractivity contribution in [2.45, 2.75) is 12.6 Å². The molecule has 0 aromatic heterocycles. The molecule has 1 heterocycles. The summed E-state index contributed by atoms with van der Waals surface area (Å²) in [4.78, 5) is 14.9. The van der Waals surface area contributed by atoms with Crippen LogP contribution in [0.2, 0.25) is 0 Å². The van der Waals surface area contributed by atoms with Crippen molar-refractivity contribution in [1.29, 1.82) is 5.26 Å². The minimum absolute atomic E-state index is 0.0212. The first-order chi connectivity index (χ1) is 18.6. The van der Waals surface area contributed by atoms with Gasteiger partial charge in [-0.15, -0.1) is 0 Å². The number of carbonyl (C=O) groups is 1. The summed E-state index contributed by atoms with van der Waals surface area (Å²) in [6.45, 7) is 1.41. The number of alkyl halides is 3. The Bertz CT molecular complexity index is 1460. The zero-order chi connectivity index (χ0) is 28.2. The number of hydrogen-bond donors (Lipinski definition) is 0. The summed E-state index contributed by atoms with van der Waals surface area (Å²) in [6.07, 6.45) is -2.37. The van der Waals surface area contributed by atoms with Crippen LogP contribution < -0.4 is 18.9 Å². The third-order valence-electron chi connectivity index (χ3n) is 5.78. The number of nitrogens with zero attached hydrogens (tertiary/aromatic N) is 2. The van der Waals surface area contributed by atoms with Crippen LogP contribution in [0.15, 0.2) is 60.4 Å². The number of hydrogen-bond acceptors (Lipinski definition) is 7. The molecule has 3 aromatic carbocycles. The number of halogens is 3. The van der Waals surface area contributed by atoms with Crippen LogP contribution in [0.4, 0.5) is 13.2 Å². The van der Waals surface area contributed by atoms with Crippen LogP contribution in [0.25, 0.3) is 6.08 Å². The van der Waals surface area contributed by atoms with E-state index in [1.165, 1.54) is 31.4 Å². The molecule has 0 aliphatic carbocycles. The summed E-state index contributed by atoms with van der Waals surface area (Å²) in [5.41, 5.74) is -0.326. The van der Waals surface area contributed by atoms with Crippen LogP contribution in [-0.4, -0.2) is 45.0 Å². The summed E-state index contributed by atoms with van der Waals surface area (Å²) in [5.74, 6) is 0.420. The third kappa shape index (κ3) is 6.51. The zero-order valence-electron chi connectivity index (χ0n) is 21.5. The molecule has 0 saturated carbocycles. The number of benzene rings is 3. The van der Waals surface area contributed by atoms with Gasteiger partial charge in [0, 0.05) is 12.6 Å². The molecule has 1 aliphatic heterocycles. The van der Waals surface area contributed by atoms with Gasteiger partial charge in [-0.1, -0.05) is 6.07 Å². The highest BCUT2D eigenvalue weighted by Gasteiger charge is 2.35. The lowest BCUT2D eigenvalue weighted by Gasteiger charge is -2.16. The molecule has 0 bridgehead atoms. The molecular formula is C29H25F3N2O5. The maximum atomic E-state index is 13.5. The molecular weight excluding hydrogens is 513 g/mol. The molecule has 7 nitrogen and oxygen atoms in total. The van der Waals surface area contributed by atoms with Crippen molar-refractivity contribution in [3.05, 3.63) is 82.6 Å². The van der Waals surface area contributed by atoms with Gasteiger partial charge in [0.1, 0.15) is 17.2 Å². The van der Waals surface area contributed by atoms with Gasteiger partial charge in [-0.25, -0.2) is 0 Å². The Labute approximate surface area is 223 Å². The number of ketones is 1. The number of fused-ring (bicyclic) bond motifs is 1. The van der Waals surface area contributed by atoms with E-state index >= 15 is 0 Å². The smallest absolute Gasteiger partial charge is 0.420 e. The second-order valence-corrected chi connectivity index (χ2v) is 8.94. The Morgan fingerprint density at radius 2 is 1.79 bits per heavy atom. The van der Waals surface area contributed by atoms with Crippen molar-refractivity contribution in [3.63, 3.8) is 0 Å². The fourth-order valence-corrected chi connectivity index (χ4v) is 3.87. The molecule has 0 spiro atoms. The van der Waals surface area contributed by atoms with Gasteiger partial charge in [0.2, 0.25) is 5.78 Å². The quantitative estimate of drug-likeness (QED) is 0.233. The summed E-state index contributed by atoms with van der Waals surface area (Å²) in [6, 6.07) is 14.2. The minimum atomic E-state index is -4.73. The minimum Gasteiger partial charge on any atom is -0.493 e. The van der Waals surface area contributed by atoms with Crippen molar-refractivity contribution >= 4 is 11.9 Å². The lowest BCUT2D eigenvalue weighted by Crippen LogP contribution is -2.15. The number of allylic oxidation sites excluding steroid dienone is 1. The highest BCUT2D eigenvalue weighted by Crippen LogP contribution is 2.41. The number of rotatable bonds is 9. The zero-order valence-corrected chi connectivity index (χ0v) is 21.5. The maximum Gasteiger partial charge on any atom is 0.420 e. The summed E-state index contributed by atoms with van der Waals surface area (Å²) >= 11 is 0. The van der Waals surface area contributed by atoms with Gasteiger partial charge in [-0.05, 0) is 74.6 Å². The van der Waals surface area contributed by atoms with Crippen LogP contribution in [0.1, 0.15) is 33.5 Å². The molecule has 202 valence electrons. The highest BCUT2D eigenvalue weighted by atomic mass is 19.4. The van der Waals surface area contributed by atoms with E-state index < -0.39 is 17.5 Å². The van der Waals surface area contributed by atoms with E-state index in [0.717, 1.165) is 25.1 Å². The van der Waals surface area contributed by atoms with Gasteiger partial charge >= 0.3 is 6.18 Å². The lowest BCUT2D eigenvalue weighted by molar-refractivity contribution is -0.138. The van der Waals surface area contributed by atoms with Gasteiger partial charge in [0.05, 0.1) is 36.5 Å². The number of nitriles is 1. The normalized spacial score (nSPS) is 13.7. The van der Waals surface area contributed by atoms with Crippen molar-refractivity contribution < 1.29 is 36.9 Å². The second-order valence-electron chi connectivity index (χ2n) is 8.94. The fraction of sp³-hybridized carbons (Fsp3) is 0.241.